The molecule has 1 fully saturated rings. The zero-order valence-electron chi connectivity index (χ0n) is 16.1. The maximum Gasteiger partial charge on any atom is 0.164 e. The number of thiophene rings is 1. The summed E-state index contributed by atoms with van der Waals surface area (Å²) in [6.07, 6.45) is 1.46. The Balaban J connectivity index is 1.64. The van der Waals surface area contributed by atoms with Crippen LogP contribution in [0, 0.1) is 0 Å². The topological polar surface area (TPSA) is 82.0 Å². The van der Waals surface area contributed by atoms with Crippen molar-refractivity contribution in [2.75, 3.05) is 17.0 Å². The van der Waals surface area contributed by atoms with Gasteiger partial charge in [0.1, 0.15) is 11.9 Å². The summed E-state index contributed by atoms with van der Waals surface area (Å²) in [7, 11) is 0. The molecule has 0 aromatic carbocycles. The Morgan fingerprint density at radius 2 is 2.26 bits per heavy atom. The summed E-state index contributed by atoms with van der Waals surface area (Å²) in [6, 6.07) is 7.87. The van der Waals surface area contributed by atoms with Crippen molar-refractivity contribution in [1.29, 1.82) is 0 Å². The highest BCUT2D eigenvalue weighted by atomic mass is 32.1. The van der Waals surface area contributed by atoms with Crippen molar-refractivity contribution in [3.63, 3.8) is 0 Å². The van der Waals surface area contributed by atoms with Crippen molar-refractivity contribution in [3.8, 4) is 0 Å². The molecule has 3 N–H and O–H groups in total. The monoisotopic (exact) mass is 389 g/mol. The molecule has 2 unspecified atom stereocenters. The number of nitrogens with zero attached hydrogens (tertiary/aromatic N) is 3. The lowest BCUT2D eigenvalue weighted by atomic mass is 9.99. The van der Waals surface area contributed by atoms with Gasteiger partial charge < -0.3 is 5.11 Å². The zero-order chi connectivity index (χ0) is 19.4. The molecule has 0 amide bonds. The fourth-order valence-electron chi connectivity index (χ4n) is 2.89. The highest BCUT2D eigenvalue weighted by Crippen LogP contribution is 2.26. The van der Waals surface area contributed by atoms with Gasteiger partial charge in [-0.2, -0.15) is 5.10 Å². The van der Waals surface area contributed by atoms with E-state index in [1.807, 2.05) is 26.0 Å². The van der Waals surface area contributed by atoms with Crippen LogP contribution in [0.3, 0.4) is 0 Å². The van der Waals surface area contributed by atoms with E-state index in [1.54, 1.807) is 22.6 Å². The highest BCUT2D eigenvalue weighted by Gasteiger charge is 2.36. The zero-order valence-corrected chi connectivity index (χ0v) is 17.0. The lowest BCUT2D eigenvalue weighted by Crippen LogP contribution is -2.51. The average molecular weight is 390 g/mol. The predicted molar refractivity (Wildman–Crippen MR) is 110 cm³/mol. The smallest absolute Gasteiger partial charge is 0.164 e. The Morgan fingerprint density at radius 1 is 1.44 bits per heavy atom. The summed E-state index contributed by atoms with van der Waals surface area (Å²) >= 11 is 1.74. The van der Waals surface area contributed by atoms with Crippen LogP contribution in [0.1, 0.15) is 32.6 Å². The van der Waals surface area contributed by atoms with Gasteiger partial charge in [-0.05, 0) is 51.6 Å². The van der Waals surface area contributed by atoms with Crippen LogP contribution >= 0.6 is 11.3 Å². The fraction of sp³-hybridized carbons (Fsp3) is 0.474. The van der Waals surface area contributed by atoms with E-state index in [0.29, 0.717) is 12.4 Å². The number of pyridine rings is 1. The van der Waals surface area contributed by atoms with Crippen molar-refractivity contribution >= 4 is 28.6 Å². The minimum Gasteiger partial charge on any atom is -0.387 e. The van der Waals surface area contributed by atoms with Crippen molar-refractivity contribution in [2.24, 2.45) is 5.10 Å². The van der Waals surface area contributed by atoms with Gasteiger partial charge >= 0.3 is 0 Å². The first kappa shape index (κ1) is 19.8. The Labute approximate surface area is 164 Å². The van der Waals surface area contributed by atoms with Crippen LogP contribution < -0.4 is 15.8 Å². The normalized spacial score (nSPS) is 20.0. The third-order valence-corrected chi connectivity index (χ3v) is 4.97. The molecular weight excluding hydrogens is 362 g/mol. The third kappa shape index (κ3) is 5.49. The van der Waals surface area contributed by atoms with E-state index in [-0.39, 0.29) is 5.54 Å². The van der Waals surface area contributed by atoms with Gasteiger partial charge in [-0.25, -0.2) is 10.0 Å². The summed E-state index contributed by atoms with van der Waals surface area (Å²) in [5.41, 5.74) is 4.43. The quantitative estimate of drug-likeness (QED) is 0.499. The van der Waals surface area contributed by atoms with Crippen LogP contribution in [0.25, 0.3) is 0 Å². The fourth-order valence-corrected chi connectivity index (χ4v) is 3.83. The number of aliphatic hydroxyl groups excluding tert-OH is 1. The van der Waals surface area contributed by atoms with Crippen LogP contribution in [0.15, 0.2) is 40.9 Å². The third-order valence-electron chi connectivity index (χ3n) is 4.10. The molecule has 0 spiro atoms. The van der Waals surface area contributed by atoms with Gasteiger partial charge in [0.25, 0.3) is 0 Å². The van der Waals surface area contributed by atoms with Gasteiger partial charge in [0.2, 0.25) is 0 Å². The number of hydroxylamine groups is 1. The molecule has 8 heteroatoms. The van der Waals surface area contributed by atoms with Crippen LogP contribution in [0.4, 0.5) is 11.5 Å². The van der Waals surface area contributed by atoms with E-state index >= 15 is 0 Å². The van der Waals surface area contributed by atoms with E-state index < -0.39 is 12.3 Å². The number of β-amino-alcohol motifs (C(OH)–C–C–N with tert-alkyl or cyclic N) is 1. The molecule has 0 saturated carbocycles. The maximum absolute atomic E-state index is 10.5. The van der Waals surface area contributed by atoms with Crippen LogP contribution in [0.2, 0.25) is 0 Å². The number of rotatable bonds is 7. The average Bonchev–Trinajstić information content (AvgIpc) is 3.23. The van der Waals surface area contributed by atoms with Crippen LogP contribution in [0.5, 0.6) is 0 Å². The second-order valence-corrected chi connectivity index (χ2v) is 8.54. The summed E-state index contributed by atoms with van der Waals surface area (Å²) < 4.78 is 0. The number of hydrazone groups is 1. The van der Waals surface area contributed by atoms with E-state index in [9.17, 15) is 5.11 Å². The van der Waals surface area contributed by atoms with Crippen molar-refractivity contribution < 1.29 is 9.94 Å². The summed E-state index contributed by atoms with van der Waals surface area (Å²) in [4.78, 5) is 11.5. The number of hydrogen-bond acceptors (Lipinski definition) is 8. The molecule has 3 heterocycles. The second-order valence-electron chi connectivity index (χ2n) is 7.51. The van der Waals surface area contributed by atoms with E-state index in [2.05, 4.69) is 52.2 Å². The summed E-state index contributed by atoms with van der Waals surface area (Å²) in [6.45, 7) is 8.43. The van der Waals surface area contributed by atoms with Crippen molar-refractivity contribution in [3.05, 3.63) is 40.7 Å². The molecule has 0 radical (unpaired) electrons. The molecule has 2 atom stereocenters. The molecule has 1 aliphatic heterocycles. The maximum atomic E-state index is 10.5. The molecule has 27 heavy (non-hydrogen) atoms. The van der Waals surface area contributed by atoms with Gasteiger partial charge in [0.05, 0.1) is 12.2 Å². The molecule has 146 valence electrons. The van der Waals surface area contributed by atoms with Crippen LogP contribution in [-0.2, 0) is 11.3 Å². The molecule has 2 aromatic heterocycles. The molecule has 2 aromatic rings. The van der Waals surface area contributed by atoms with Crippen LogP contribution in [-0.4, -0.2) is 40.2 Å². The predicted octanol–water partition coefficient (Wildman–Crippen LogP) is 3.00. The summed E-state index contributed by atoms with van der Waals surface area (Å²) in [5, 5.41) is 21.8. The van der Waals surface area contributed by atoms with Gasteiger partial charge in [-0.1, -0.05) is 6.07 Å². The first-order valence-corrected chi connectivity index (χ1v) is 9.86. The molecule has 1 saturated heterocycles. The molecule has 0 aliphatic carbocycles. The van der Waals surface area contributed by atoms with Crippen molar-refractivity contribution in [2.45, 2.75) is 52.0 Å². The Kier molecular flexibility index (Phi) is 6.11. The van der Waals surface area contributed by atoms with Gasteiger partial charge in [0.15, 0.2) is 6.23 Å². The first-order valence-electron chi connectivity index (χ1n) is 8.98. The lowest BCUT2D eigenvalue weighted by Gasteiger charge is -2.30. The van der Waals surface area contributed by atoms with Gasteiger partial charge in [-0.15, -0.1) is 11.3 Å². The lowest BCUT2D eigenvalue weighted by molar-refractivity contribution is -0.00843. The molecule has 0 bridgehead atoms. The minimum atomic E-state index is -0.631. The summed E-state index contributed by atoms with van der Waals surface area (Å²) in [5.74, 6) is 0.626. The minimum absolute atomic E-state index is 0.204. The van der Waals surface area contributed by atoms with E-state index in [0.717, 1.165) is 17.8 Å². The Morgan fingerprint density at radius 3 is 2.96 bits per heavy atom. The van der Waals surface area contributed by atoms with Crippen molar-refractivity contribution in [1.82, 2.24) is 10.3 Å². The number of aromatic nitrogens is 1. The number of hydrogen-bond donors (Lipinski definition) is 3. The van der Waals surface area contributed by atoms with E-state index in [4.69, 9.17) is 4.84 Å². The molecule has 7 nitrogen and oxygen atoms in total. The Bertz CT molecular complexity index is 774. The van der Waals surface area contributed by atoms with E-state index in [1.165, 1.54) is 4.88 Å². The number of aliphatic hydroxyl groups is 1. The number of nitrogens with one attached hydrogen (secondary N) is 2. The number of anilines is 2. The highest BCUT2D eigenvalue weighted by molar-refractivity contribution is 7.09. The SMILES string of the molecule is CC(C)=NNc1cc(N2CC(O)C(NC(C)(C)Cc3cccs3)O2)ccn1. The molecular formula is C19H27N5O2S. The Hall–Kier alpha value is -2.00. The second kappa shape index (κ2) is 8.35. The standard InChI is InChI=1S/C19H27N5O2S/c1-13(2)22-23-17-10-14(7-8-20-17)24-12-16(25)18(26-24)21-19(3,4)11-15-6-5-9-27-15/h5-10,16,18,21,25H,11-12H2,1-4H3,(H,20,23). The largest absolute Gasteiger partial charge is 0.387 e. The molecule has 1 aliphatic rings. The first-order chi connectivity index (χ1) is 12.8. The molecule has 3 rings (SSSR count). The van der Waals surface area contributed by atoms with Gasteiger partial charge in [-0.3, -0.25) is 15.6 Å². The van der Waals surface area contributed by atoms with Gasteiger partial charge in [0, 0.05) is 28.4 Å².